The lowest BCUT2D eigenvalue weighted by molar-refractivity contribution is -0.152. The van der Waals surface area contributed by atoms with E-state index in [4.69, 9.17) is 9.97 Å². The molecule has 1 aliphatic carbocycles. The number of likely N-dealkylation sites (tertiary alicyclic amines) is 1. The fraction of sp³-hybridized carbons (Fsp3) is 0.571. The molecule has 0 aromatic carbocycles. The summed E-state index contributed by atoms with van der Waals surface area (Å²) in [6.07, 6.45) is 7.13. The summed E-state index contributed by atoms with van der Waals surface area (Å²) in [4.78, 5) is 48.7. The lowest BCUT2D eigenvalue weighted by atomic mass is 9.66. The molecule has 2 saturated heterocycles. The van der Waals surface area contributed by atoms with Gasteiger partial charge in [-0.05, 0) is 52.2 Å². The second kappa shape index (κ2) is 8.65. The summed E-state index contributed by atoms with van der Waals surface area (Å²) in [6, 6.07) is 5.71. The maximum absolute atomic E-state index is 13.7. The topological polar surface area (TPSA) is 110 Å². The summed E-state index contributed by atoms with van der Waals surface area (Å²) < 4.78 is 0. The summed E-state index contributed by atoms with van der Waals surface area (Å²) >= 11 is 0. The fourth-order valence-electron chi connectivity index (χ4n) is 6.80. The highest BCUT2D eigenvalue weighted by Crippen LogP contribution is 2.56. The molecule has 0 bridgehead atoms. The van der Waals surface area contributed by atoms with E-state index in [1.54, 1.807) is 37.5 Å². The average molecular weight is 515 g/mol. The molecule has 0 unspecified atom stereocenters. The van der Waals surface area contributed by atoms with E-state index in [1.165, 1.54) is 0 Å². The van der Waals surface area contributed by atoms with Crippen LogP contribution in [0.2, 0.25) is 0 Å². The Kier molecular flexibility index (Phi) is 5.60. The minimum atomic E-state index is -0.984. The third-order valence-electron chi connectivity index (χ3n) is 9.27. The number of pyridine rings is 1. The van der Waals surface area contributed by atoms with Crippen LogP contribution >= 0.6 is 0 Å². The third-order valence-corrected chi connectivity index (χ3v) is 9.27. The van der Waals surface area contributed by atoms with Crippen LogP contribution in [0.5, 0.6) is 0 Å². The standard InChI is InChI=1S/C28H34N8O2/c1-18-15-35(26(38)27(3)9-11-33(4)25(27)37)19(2)14-34(18)23-22-24(32-17-31-23)36(16-28(22)7-5-8-28)21-12-20(13-29)6-10-30-21/h6,10,12,17-19H,5,7-9,11,14-16H2,1-4H3/t18-,19+,27+/m0/s1. The molecular weight excluding hydrogens is 480 g/mol. The molecule has 198 valence electrons. The van der Waals surface area contributed by atoms with Crippen LogP contribution in [0.25, 0.3) is 0 Å². The molecule has 10 heteroatoms. The lowest BCUT2D eigenvalue weighted by Gasteiger charge is -2.48. The zero-order valence-corrected chi connectivity index (χ0v) is 22.5. The number of carbonyl (C=O) groups is 2. The van der Waals surface area contributed by atoms with E-state index in [0.717, 1.165) is 48.8 Å². The van der Waals surface area contributed by atoms with E-state index in [0.29, 0.717) is 31.6 Å². The molecule has 3 atom stereocenters. The summed E-state index contributed by atoms with van der Waals surface area (Å²) in [5, 5.41) is 9.42. The third kappa shape index (κ3) is 3.47. The first-order valence-electron chi connectivity index (χ1n) is 13.5. The van der Waals surface area contributed by atoms with Crippen molar-refractivity contribution in [3.8, 4) is 6.07 Å². The molecule has 3 fully saturated rings. The van der Waals surface area contributed by atoms with Crippen molar-refractivity contribution in [3.63, 3.8) is 0 Å². The van der Waals surface area contributed by atoms with Crippen LogP contribution < -0.4 is 9.80 Å². The van der Waals surface area contributed by atoms with Crippen LogP contribution in [0.3, 0.4) is 0 Å². The van der Waals surface area contributed by atoms with E-state index in [9.17, 15) is 14.9 Å². The van der Waals surface area contributed by atoms with Crippen LogP contribution in [-0.2, 0) is 15.0 Å². The first-order valence-corrected chi connectivity index (χ1v) is 13.5. The average Bonchev–Trinajstić information content (AvgIpc) is 3.40. The minimum absolute atomic E-state index is 0.0261. The van der Waals surface area contributed by atoms with Crippen molar-refractivity contribution < 1.29 is 9.59 Å². The smallest absolute Gasteiger partial charge is 0.238 e. The summed E-state index contributed by atoms with van der Waals surface area (Å²) in [5.74, 6) is 2.38. The second-order valence-electron chi connectivity index (χ2n) is 11.7. The van der Waals surface area contributed by atoms with Gasteiger partial charge in [0.05, 0.1) is 11.6 Å². The number of fused-ring (bicyclic) bond motifs is 2. The van der Waals surface area contributed by atoms with Gasteiger partial charge in [0, 0.05) is 62.5 Å². The number of anilines is 3. The Bertz CT molecular complexity index is 1350. The van der Waals surface area contributed by atoms with Crippen molar-refractivity contribution in [2.75, 3.05) is 43.0 Å². The number of hydrogen-bond acceptors (Lipinski definition) is 8. The molecular formula is C28H34N8O2. The Hall–Kier alpha value is -3.74. The highest BCUT2D eigenvalue weighted by molar-refractivity contribution is 6.06. The Morgan fingerprint density at radius 1 is 1.11 bits per heavy atom. The van der Waals surface area contributed by atoms with Gasteiger partial charge < -0.3 is 19.6 Å². The zero-order chi connectivity index (χ0) is 26.8. The van der Waals surface area contributed by atoms with Gasteiger partial charge in [0.1, 0.15) is 29.2 Å². The normalized spacial score (nSPS) is 27.9. The van der Waals surface area contributed by atoms with Gasteiger partial charge in [-0.25, -0.2) is 15.0 Å². The maximum Gasteiger partial charge on any atom is 0.238 e. The number of rotatable bonds is 3. The molecule has 2 aromatic rings. The second-order valence-corrected chi connectivity index (χ2v) is 11.7. The van der Waals surface area contributed by atoms with Gasteiger partial charge in [-0.2, -0.15) is 5.26 Å². The predicted molar refractivity (Wildman–Crippen MR) is 142 cm³/mol. The van der Waals surface area contributed by atoms with E-state index < -0.39 is 5.41 Å². The van der Waals surface area contributed by atoms with Crippen molar-refractivity contribution in [2.45, 2.75) is 64.0 Å². The summed E-state index contributed by atoms with van der Waals surface area (Å²) in [6.45, 7) is 8.54. The Morgan fingerprint density at radius 2 is 1.87 bits per heavy atom. The molecule has 10 nitrogen and oxygen atoms in total. The lowest BCUT2D eigenvalue weighted by Crippen LogP contribution is -2.61. The van der Waals surface area contributed by atoms with Crippen LogP contribution in [0.1, 0.15) is 57.6 Å². The molecule has 0 N–H and O–H groups in total. The van der Waals surface area contributed by atoms with Crippen molar-refractivity contribution in [1.29, 1.82) is 5.26 Å². The molecule has 5 heterocycles. The van der Waals surface area contributed by atoms with Crippen molar-refractivity contribution in [1.82, 2.24) is 24.8 Å². The van der Waals surface area contributed by atoms with Gasteiger partial charge in [-0.1, -0.05) is 6.42 Å². The quantitative estimate of drug-likeness (QED) is 0.575. The molecule has 3 aliphatic heterocycles. The van der Waals surface area contributed by atoms with Crippen LogP contribution in [0, 0.1) is 16.7 Å². The molecule has 6 rings (SSSR count). The first-order chi connectivity index (χ1) is 18.2. The summed E-state index contributed by atoms with van der Waals surface area (Å²) in [5.41, 5.74) is 0.710. The molecule has 0 radical (unpaired) electrons. The van der Waals surface area contributed by atoms with Gasteiger partial charge in [0.2, 0.25) is 11.8 Å². The number of nitriles is 1. The fourth-order valence-corrected chi connectivity index (χ4v) is 6.80. The SMILES string of the molecule is C[C@@H]1CN(c2ncnc3c2C2(CCC2)CN3c2cc(C#N)ccn2)[C@@H](C)CN1C(=O)[C@]1(C)CCN(C)C1=O. The van der Waals surface area contributed by atoms with Crippen LogP contribution in [-0.4, -0.2) is 81.9 Å². The number of hydrogen-bond donors (Lipinski definition) is 0. The Labute approximate surface area is 223 Å². The van der Waals surface area contributed by atoms with E-state index >= 15 is 0 Å². The number of aromatic nitrogens is 3. The van der Waals surface area contributed by atoms with Gasteiger partial charge in [-0.15, -0.1) is 0 Å². The first kappa shape index (κ1) is 24.6. The predicted octanol–water partition coefficient (Wildman–Crippen LogP) is 2.61. The highest BCUT2D eigenvalue weighted by atomic mass is 16.2. The monoisotopic (exact) mass is 514 g/mol. The number of carbonyl (C=O) groups excluding carboxylic acids is 2. The van der Waals surface area contributed by atoms with Crippen molar-refractivity contribution in [3.05, 3.63) is 35.8 Å². The van der Waals surface area contributed by atoms with Gasteiger partial charge in [0.25, 0.3) is 0 Å². The maximum atomic E-state index is 13.7. The molecule has 38 heavy (non-hydrogen) atoms. The van der Waals surface area contributed by atoms with Gasteiger partial charge in [-0.3, -0.25) is 9.59 Å². The van der Waals surface area contributed by atoms with E-state index in [2.05, 4.69) is 34.7 Å². The minimum Gasteiger partial charge on any atom is -0.350 e. The number of piperazine rings is 1. The largest absolute Gasteiger partial charge is 0.350 e. The van der Waals surface area contributed by atoms with E-state index in [-0.39, 0.29) is 29.3 Å². The molecule has 1 saturated carbocycles. The molecule has 2 aromatic heterocycles. The Balaban J connectivity index is 1.32. The van der Waals surface area contributed by atoms with Gasteiger partial charge >= 0.3 is 0 Å². The highest BCUT2D eigenvalue weighted by Gasteiger charge is 2.53. The molecule has 2 amide bonds. The van der Waals surface area contributed by atoms with Crippen LogP contribution in [0.15, 0.2) is 24.7 Å². The van der Waals surface area contributed by atoms with E-state index in [1.807, 2.05) is 11.0 Å². The zero-order valence-electron chi connectivity index (χ0n) is 22.5. The van der Waals surface area contributed by atoms with Crippen molar-refractivity contribution >= 4 is 29.3 Å². The molecule has 4 aliphatic rings. The summed E-state index contributed by atoms with van der Waals surface area (Å²) in [7, 11) is 1.77. The Morgan fingerprint density at radius 3 is 2.53 bits per heavy atom. The number of nitrogens with zero attached hydrogens (tertiary/aromatic N) is 8. The van der Waals surface area contributed by atoms with Gasteiger partial charge in [0.15, 0.2) is 0 Å². The van der Waals surface area contributed by atoms with Crippen molar-refractivity contribution in [2.24, 2.45) is 5.41 Å². The van der Waals surface area contributed by atoms with Crippen LogP contribution in [0.4, 0.5) is 17.5 Å². The number of amides is 2. The molecule has 1 spiro atoms.